The highest BCUT2D eigenvalue weighted by Crippen LogP contribution is 2.48. The molecule has 0 unspecified atom stereocenters. The van der Waals surface area contributed by atoms with Gasteiger partial charge in [-0.15, -0.1) is 0 Å². The number of aliphatic hydroxyl groups is 2. The molecular formula is C51H84O7. The molecule has 0 saturated heterocycles. The van der Waals surface area contributed by atoms with Crippen LogP contribution in [-0.4, -0.2) is 55.2 Å². The van der Waals surface area contributed by atoms with Crippen molar-refractivity contribution in [2.75, 3.05) is 33.0 Å². The molecule has 0 atom stereocenters. The van der Waals surface area contributed by atoms with Crippen LogP contribution in [0.2, 0.25) is 0 Å². The van der Waals surface area contributed by atoms with E-state index < -0.39 is 16.8 Å². The quantitative estimate of drug-likeness (QED) is 0.0645. The summed E-state index contributed by atoms with van der Waals surface area (Å²) in [4.78, 5) is 25.2. The van der Waals surface area contributed by atoms with Crippen molar-refractivity contribution in [2.45, 2.75) is 189 Å². The number of aliphatic hydroxyl groups excluding tert-OH is 2. The topological polar surface area (TPSA) is 102 Å². The molecular weight excluding hydrogens is 725 g/mol. The summed E-state index contributed by atoms with van der Waals surface area (Å²) in [5.74, 6) is 5.14. The number of hydrogen-bond donors (Lipinski definition) is 2. The molecule has 0 spiro atoms. The van der Waals surface area contributed by atoms with Gasteiger partial charge in [0.05, 0.1) is 38.4 Å². The van der Waals surface area contributed by atoms with Gasteiger partial charge >= 0.3 is 11.9 Å². The van der Waals surface area contributed by atoms with Crippen LogP contribution < -0.4 is 4.74 Å². The summed E-state index contributed by atoms with van der Waals surface area (Å²) in [7, 11) is 0. The van der Waals surface area contributed by atoms with E-state index in [-0.39, 0.29) is 32.4 Å². The monoisotopic (exact) mass is 809 g/mol. The average molecular weight is 809 g/mol. The Morgan fingerprint density at radius 3 is 1.67 bits per heavy atom. The Balaban J connectivity index is 1.45. The van der Waals surface area contributed by atoms with Gasteiger partial charge in [0.1, 0.15) is 5.75 Å². The molecule has 0 bridgehead atoms. The molecule has 3 saturated carbocycles. The van der Waals surface area contributed by atoms with E-state index in [0.717, 1.165) is 65.7 Å². The first-order chi connectivity index (χ1) is 27.8. The van der Waals surface area contributed by atoms with Gasteiger partial charge in [0.15, 0.2) is 0 Å². The Morgan fingerprint density at radius 1 is 0.690 bits per heavy atom. The predicted molar refractivity (Wildman–Crippen MR) is 236 cm³/mol. The molecule has 0 radical (unpaired) electrons. The summed E-state index contributed by atoms with van der Waals surface area (Å²) >= 11 is 0. The first-order valence-electron chi connectivity index (χ1n) is 23.8. The highest BCUT2D eigenvalue weighted by atomic mass is 16.5. The zero-order valence-electron chi connectivity index (χ0n) is 37.9. The van der Waals surface area contributed by atoms with Crippen LogP contribution in [0.1, 0.15) is 193 Å². The zero-order valence-corrected chi connectivity index (χ0v) is 37.9. The number of benzene rings is 1. The number of ether oxygens (including phenoxy) is 3. The Bertz CT molecular complexity index is 1380. The highest BCUT2D eigenvalue weighted by molar-refractivity contribution is 5.86. The largest absolute Gasteiger partial charge is 0.493 e. The number of carbonyl (C=O) groups is 2. The van der Waals surface area contributed by atoms with Crippen LogP contribution in [0.3, 0.4) is 0 Å². The fraction of sp³-hybridized carbons (Fsp3) is 0.804. The lowest BCUT2D eigenvalue weighted by molar-refractivity contribution is -0.152. The predicted octanol–water partition coefficient (Wildman–Crippen LogP) is 11.9. The van der Waals surface area contributed by atoms with E-state index in [1.165, 1.54) is 108 Å². The van der Waals surface area contributed by atoms with E-state index in [0.29, 0.717) is 37.4 Å². The van der Waals surface area contributed by atoms with Crippen molar-refractivity contribution in [3.8, 4) is 5.75 Å². The van der Waals surface area contributed by atoms with Crippen LogP contribution in [0, 0.1) is 40.4 Å². The van der Waals surface area contributed by atoms with Crippen molar-refractivity contribution in [2.24, 2.45) is 40.4 Å². The smallest absolute Gasteiger partial charge is 0.333 e. The van der Waals surface area contributed by atoms with E-state index >= 15 is 0 Å². The second-order valence-corrected chi connectivity index (χ2v) is 20.1. The summed E-state index contributed by atoms with van der Waals surface area (Å²) < 4.78 is 18.0. The van der Waals surface area contributed by atoms with Crippen LogP contribution in [0.15, 0.2) is 24.3 Å². The number of rotatable bonds is 23. The molecule has 3 aliphatic carbocycles. The van der Waals surface area contributed by atoms with Crippen molar-refractivity contribution in [3.63, 3.8) is 0 Å². The summed E-state index contributed by atoms with van der Waals surface area (Å²) in [5.41, 5.74) is 2.42. The molecule has 0 aromatic heterocycles. The van der Waals surface area contributed by atoms with Crippen LogP contribution in [-0.2, 0) is 31.9 Å². The average Bonchev–Trinajstić information content (AvgIpc) is 3.22. The van der Waals surface area contributed by atoms with Crippen molar-refractivity contribution in [1.82, 2.24) is 0 Å². The first kappa shape index (κ1) is 48.3. The van der Waals surface area contributed by atoms with Gasteiger partial charge in [-0.3, -0.25) is 4.79 Å². The molecule has 3 fully saturated rings. The van der Waals surface area contributed by atoms with Gasteiger partial charge in [-0.1, -0.05) is 83.9 Å². The second kappa shape index (κ2) is 24.2. The van der Waals surface area contributed by atoms with Gasteiger partial charge in [0.25, 0.3) is 0 Å². The van der Waals surface area contributed by atoms with Crippen LogP contribution in [0.5, 0.6) is 5.75 Å². The van der Waals surface area contributed by atoms with Gasteiger partial charge in [0, 0.05) is 23.8 Å². The van der Waals surface area contributed by atoms with Gasteiger partial charge in [-0.2, -0.15) is 0 Å². The standard InChI is InChI=1S/C51H84O7/c1-8-10-12-13-38-14-16-39(17-15-38)40-18-20-41(21-19-40)42-22-24-43(25-23-42)46-33-44(26-30-57-48(54)37(3)4)47(45(34-46)27-31-58-49(55)50(5,6)7)56-32-29-51(35-52,36-53)28-11-9-2/h33-34,38-43,52-53H,3,8-32,35-36H2,1-2,4-7H3. The summed E-state index contributed by atoms with van der Waals surface area (Å²) in [6.45, 7) is 16.0. The highest BCUT2D eigenvalue weighted by Gasteiger charge is 2.35. The molecule has 2 N–H and O–H groups in total. The molecule has 1 aromatic rings. The fourth-order valence-corrected chi connectivity index (χ4v) is 10.5. The number of hydrogen-bond acceptors (Lipinski definition) is 7. The van der Waals surface area contributed by atoms with Crippen LogP contribution in [0.25, 0.3) is 0 Å². The van der Waals surface area contributed by atoms with E-state index in [4.69, 9.17) is 14.2 Å². The summed E-state index contributed by atoms with van der Waals surface area (Å²) in [6.07, 6.45) is 26.3. The van der Waals surface area contributed by atoms with E-state index in [2.05, 4.69) is 32.6 Å². The lowest BCUT2D eigenvalue weighted by atomic mass is 9.64. The maximum atomic E-state index is 12.8. The first-order valence-corrected chi connectivity index (χ1v) is 23.8. The Morgan fingerprint density at radius 2 is 1.19 bits per heavy atom. The van der Waals surface area contributed by atoms with Crippen molar-refractivity contribution >= 4 is 11.9 Å². The number of esters is 2. The Labute approximate surface area is 353 Å². The zero-order chi connectivity index (χ0) is 42.1. The second-order valence-electron chi connectivity index (χ2n) is 20.1. The molecule has 0 heterocycles. The maximum Gasteiger partial charge on any atom is 0.333 e. The molecule has 7 heteroatoms. The lowest BCUT2D eigenvalue weighted by Crippen LogP contribution is -2.32. The molecule has 58 heavy (non-hydrogen) atoms. The van der Waals surface area contributed by atoms with Gasteiger partial charge < -0.3 is 24.4 Å². The molecule has 7 nitrogen and oxygen atoms in total. The van der Waals surface area contributed by atoms with Crippen molar-refractivity contribution < 1.29 is 34.0 Å². The van der Waals surface area contributed by atoms with E-state index in [1.54, 1.807) is 6.92 Å². The molecule has 0 amide bonds. The Kier molecular flexibility index (Phi) is 20.1. The molecule has 3 aliphatic rings. The minimum Gasteiger partial charge on any atom is -0.493 e. The van der Waals surface area contributed by atoms with Crippen LogP contribution in [0.4, 0.5) is 0 Å². The number of carbonyl (C=O) groups excluding carboxylic acids is 2. The van der Waals surface area contributed by atoms with Gasteiger partial charge in [-0.05, 0) is 157 Å². The molecule has 330 valence electrons. The van der Waals surface area contributed by atoms with Crippen molar-refractivity contribution in [1.29, 1.82) is 0 Å². The maximum absolute atomic E-state index is 12.8. The van der Waals surface area contributed by atoms with Crippen LogP contribution >= 0.6 is 0 Å². The Hall–Kier alpha value is -2.38. The molecule has 0 aliphatic heterocycles. The third kappa shape index (κ3) is 14.7. The number of unbranched alkanes of at least 4 members (excludes halogenated alkanes) is 3. The van der Waals surface area contributed by atoms with Gasteiger partial charge in [0.2, 0.25) is 0 Å². The SMILES string of the molecule is C=C(C)C(=O)OCCc1cc(C2CCC(C3CCC(C4CCC(CCCCC)CC4)CC3)CC2)cc(CCOC(=O)C(C)(C)C)c1OCCC(CO)(CO)CCCC. The normalized spacial score (nSPS) is 24.3. The fourth-order valence-electron chi connectivity index (χ4n) is 10.5. The van der Waals surface area contributed by atoms with Crippen molar-refractivity contribution in [3.05, 3.63) is 41.0 Å². The van der Waals surface area contributed by atoms with E-state index in [9.17, 15) is 19.8 Å². The summed E-state index contributed by atoms with van der Waals surface area (Å²) in [5, 5.41) is 20.6. The molecule has 1 aromatic carbocycles. The van der Waals surface area contributed by atoms with E-state index in [1.807, 2.05) is 20.8 Å². The minimum atomic E-state index is -0.611. The van der Waals surface area contributed by atoms with Gasteiger partial charge in [-0.25, -0.2) is 4.79 Å². The summed E-state index contributed by atoms with van der Waals surface area (Å²) in [6, 6.07) is 4.55. The third-order valence-corrected chi connectivity index (χ3v) is 14.5. The lowest BCUT2D eigenvalue weighted by Gasteiger charge is -2.41. The minimum absolute atomic E-state index is 0.102. The molecule has 4 rings (SSSR count). The third-order valence-electron chi connectivity index (χ3n) is 14.5.